The van der Waals surface area contributed by atoms with Crippen molar-refractivity contribution in [3.05, 3.63) is 42.1 Å². The van der Waals surface area contributed by atoms with Crippen LogP contribution in [0, 0.1) is 6.92 Å². The van der Waals surface area contributed by atoms with Crippen molar-refractivity contribution in [2.24, 2.45) is 0 Å². The number of H-pyrrole nitrogens is 1. The molecule has 0 saturated heterocycles. The molecule has 0 saturated carbocycles. The monoisotopic (exact) mass is 461 g/mol. The van der Waals surface area contributed by atoms with E-state index in [2.05, 4.69) is 56.3 Å². The predicted molar refractivity (Wildman–Crippen MR) is 122 cm³/mol. The number of alkyl halides is 3. The number of rotatable bonds is 5. The predicted octanol–water partition coefficient (Wildman–Crippen LogP) is 5.36. The molecule has 4 rings (SSSR count). The molecule has 0 fully saturated rings. The van der Waals surface area contributed by atoms with Gasteiger partial charge < -0.3 is 0 Å². The zero-order valence-corrected chi connectivity index (χ0v) is 17.8. The van der Waals surface area contributed by atoms with E-state index in [0.29, 0.717) is 0 Å². The first-order valence-corrected chi connectivity index (χ1v) is 14.5. The molecule has 0 amide bonds. The van der Waals surface area contributed by atoms with Gasteiger partial charge in [-0.05, 0) is 0 Å². The van der Waals surface area contributed by atoms with E-state index in [9.17, 15) is 0 Å². The summed E-state index contributed by atoms with van der Waals surface area (Å²) in [6, 6.07) is 10.6. The number of ether oxygens (including phenoxy) is 1. The van der Waals surface area contributed by atoms with Crippen molar-refractivity contribution in [1.29, 1.82) is 0 Å². The van der Waals surface area contributed by atoms with Crippen molar-refractivity contribution < 1.29 is 4.74 Å². The molecule has 0 aliphatic carbocycles. The first-order chi connectivity index (χ1) is 12.6. The Morgan fingerprint density at radius 2 is 1.92 bits per heavy atom. The number of aryl methyl sites for hydroxylation is 1. The van der Waals surface area contributed by atoms with E-state index in [1.165, 1.54) is 37.1 Å². The van der Waals surface area contributed by atoms with Crippen molar-refractivity contribution in [2.75, 3.05) is 33.3 Å². The molecule has 5 heteroatoms. The summed E-state index contributed by atoms with van der Waals surface area (Å²) >= 11 is -0.725. The van der Waals surface area contributed by atoms with Gasteiger partial charge in [-0.15, -0.1) is 0 Å². The Bertz CT molecular complexity index is 1100. The van der Waals surface area contributed by atoms with E-state index >= 15 is 0 Å². The average Bonchev–Trinajstić information content (AvgIpc) is 3.00. The molecule has 0 aliphatic heterocycles. The Morgan fingerprint density at radius 3 is 2.69 bits per heavy atom. The van der Waals surface area contributed by atoms with E-state index in [0.717, 1.165) is 23.6 Å². The molecular weight excluding hydrogens is 437 g/mol. The van der Waals surface area contributed by atoms with Crippen molar-refractivity contribution in [1.82, 2.24) is 9.97 Å². The summed E-state index contributed by atoms with van der Waals surface area (Å²) < 4.78 is 6.71. The van der Waals surface area contributed by atoms with Gasteiger partial charge in [-0.3, -0.25) is 0 Å². The van der Waals surface area contributed by atoms with Gasteiger partial charge in [0, 0.05) is 0 Å². The van der Waals surface area contributed by atoms with Gasteiger partial charge in [0.2, 0.25) is 0 Å². The van der Waals surface area contributed by atoms with Crippen LogP contribution < -0.4 is 10.1 Å². The Hall–Kier alpha value is -2.02. The topological polar surface area (TPSA) is 49.9 Å². The number of fused-ring (bicyclic) bond motifs is 4. The molecule has 0 radical (unpaired) electrons. The summed E-state index contributed by atoms with van der Waals surface area (Å²) in [5.74, 6) is 1.87. The van der Waals surface area contributed by atoms with Gasteiger partial charge in [0.05, 0.1) is 0 Å². The van der Waals surface area contributed by atoms with E-state index in [1.807, 2.05) is 12.3 Å². The molecule has 2 aromatic carbocycles. The van der Waals surface area contributed by atoms with E-state index in [4.69, 9.17) is 4.74 Å². The number of nitrogens with zero attached hydrogens (tertiary/aromatic N) is 1. The zero-order chi connectivity index (χ0) is 18.3. The number of aromatic amines is 1. The normalized spacial score (nSPS) is 12.1. The van der Waals surface area contributed by atoms with Gasteiger partial charge in [0.1, 0.15) is 0 Å². The number of pyridine rings is 1. The van der Waals surface area contributed by atoms with Gasteiger partial charge in [0.15, 0.2) is 0 Å². The van der Waals surface area contributed by atoms with Crippen LogP contribution in [-0.2, 0) is 0 Å². The number of anilines is 1. The fraction of sp³-hybridized carbons (Fsp3) is 0.286. The number of aromatic nitrogens is 2. The van der Waals surface area contributed by atoms with Gasteiger partial charge in [-0.1, -0.05) is 0 Å². The summed E-state index contributed by atoms with van der Waals surface area (Å²) in [4.78, 5) is 13.0. The molecule has 0 atom stereocenters. The Labute approximate surface area is 160 Å². The minimum atomic E-state index is -0.725. The maximum atomic E-state index is 5.42. The van der Waals surface area contributed by atoms with Crippen LogP contribution >= 0.6 is 19.8 Å². The van der Waals surface area contributed by atoms with Crippen LogP contribution in [0.3, 0.4) is 0 Å². The fourth-order valence-corrected chi connectivity index (χ4v) is 4.83. The molecule has 2 aromatic heterocycles. The zero-order valence-electron chi connectivity index (χ0n) is 15.6. The van der Waals surface area contributed by atoms with Gasteiger partial charge in [-0.25, -0.2) is 0 Å². The van der Waals surface area contributed by atoms with Crippen LogP contribution in [-0.4, -0.2) is 37.9 Å². The van der Waals surface area contributed by atoms with Crippen molar-refractivity contribution >= 4 is 58.2 Å². The second-order valence-electron chi connectivity index (χ2n) is 6.74. The first kappa shape index (κ1) is 17.4. The number of hydrogen-bond donors (Lipinski definition) is 2. The molecule has 2 N–H and O–H groups in total. The van der Waals surface area contributed by atoms with E-state index in [1.54, 1.807) is 7.11 Å². The molecule has 4 nitrogen and oxygen atoms in total. The molecule has 136 valence electrons. The average molecular weight is 461 g/mol. The molecular formula is C21H24IN3O. The summed E-state index contributed by atoms with van der Waals surface area (Å²) in [7, 11) is 1.71. The molecule has 0 spiro atoms. The number of hydrogen-bond acceptors (Lipinski definition) is 3. The van der Waals surface area contributed by atoms with Crippen LogP contribution in [0.1, 0.15) is 5.56 Å². The van der Waals surface area contributed by atoms with Crippen molar-refractivity contribution in [3.8, 4) is 5.75 Å². The number of nitrogens with one attached hydrogen (secondary N) is 2. The second kappa shape index (κ2) is 6.95. The molecule has 2 heterocycles. The van der Waals surface area contributed by atoms with Crippen molar-refractivity contribution in [2.45, 2.75) is 6.92 Å². The van der Waals surface area contributed by atoms with Crippen LogP contribution in [0.5, 0.6) is 5.75 Å². The molecule has 26 heavy (non-hydrogen) atoms. The SMILES string of the molecule is COc1ccc2[nH]c3c(C)c4ccnc(NCCI(C)C)c4cc3c2c1. The van der Waals surface area contributed by atoms with Crippen LogP contribution in [0.2, 0.25) is 0 Å². The maximum absolute atomic E-state index is 5.42. The van der Waals surface area contributed by atoms with Crippen molar-refractivity contribution in [3.63, 3.8) is 0 Å². The standard InChI is InChI=1S/C21H24IN3O/c1-13-15-7-9-23-21(24-10-8-22(2)3)18(15)12-17-16-11-14(26-4)5-6-19(16)25-20(13)17/h5-7,9,11-12,25H,8,10H2,1-4H3,(H,23,24). The molecule has 0 aliphatic rings. The first-order valence-electron chi connectivity index (χ1n) is 8.66. The molecule has 0 bridgehead atoms. The molecule has 4 aromatic rings. The van der Waals surface area contributed by atoms with Crippen LogP contribution in [0.25, 0.3) is 32.6 Å². The number of halogens is 1. The third kappa shape index (κ3) is 2.98. The van der Waals surface area contributed by atoms with Gasteiger partial charge in [0.25, 0.3) is 0 Å². The van der Waals surface area contributed by atoms with Gasteiger partial charge in [-0.2, -0.15) is 0 Å². The summed E-state index contributed by atoms with van der Waals surface area (Å²) in [5, 5.41) is 8.41. The Kier molecular flexibility index (Phi) is 4.65. The second-order valence-corrected chi connectivity index (χ2v) is 13.0. The quantitative estimate of drug-likeness (QED) is 0.311. The number of benzene rings is 2. The van der Waals surface area contributed by atoms with Crippen LogP contribution in [0.4, 0.5) is 5.82 Å². The third-order valence-corrected chi connectivity index (χ3v) is 7.57. The van der Waals surface area contributed by atoms with Crippen LogP contribution in [0.15, 0.2) is 36.5 Å². The third-order valence-electron chi connectivity index (χ3n) is 4.87. The Balaban J connectivity index is 1.93. The van der Waals surface area contributed by atoms with Gasteiger partial charge >= 0.3 is 161 Å². The summed E-state index contributed by atoms with van der Waals surface area (Å²) in [5.41, 5.74) is 3.58. The fourth-order valence-electron chi connectivity index (χ4n) is 3.49. The van der Waals surface area contributed by atoms with E-state index in [-0.39, 0.29) is 0 Å². The number of methoxy groups -OCH3 is 1. The minimum absolute atomic E-state index is 0.725. The summed E-state index contributed by atoms with van der Waals surface area (Å²) in [6.45, 7) is 3.19. The summed E-state index contributed by atoms with van der Waals surface area (Å²) in [6.07, 6.45) is 1.91. The van der Waals surface area contributed by atoms with E-state index < -0.39 is 19.8 Å². The molecule has 0 unspecified atom stereocenters. The Morgan fingerprint density at radius 1 is 1.08 bits per heavy atom.